The van der Waals surface area contributed by atoms with Crippen LogP contribution in [-0.2, 0) is 6.54 Å². The van der Waals surface area contributed by atoms with Crippen molar-refractivity contribution in [1.29, 1.82) is 0 Å². The molecule has 0 spiro atoms. The van der Waals surface area contributed by atoms with E-state index in [9.17, 15) is 0 Å². The van der Waals surface area contributed by atoms with Crippen molar-refractivity contribution >= 4 is 35.0 Å². The molecule has 0 bridgehead atoms. The van der Waals surface area contributed by atoms with Crippen LogP contribution in [0.1, 0.15) is 27.9 Å². The van der Waals surface area contributed by atoms with Crippen LogP contribution in [0.4, 0.5) is 5.69 Å². The molecule has 0 aliphatic rings. The molecule has 4 aromatic carbocycles. The Labute approximate surface area is 195 Å². The fourth-order valence-corrected chi connectivity index (χ4v) is 4.08. The molecule has 0 radical (unpaired) electrons. The minimum absolute atomic E-state index is 0.788. The van der Waals surface area contributed by atoms with Crippen LogP contribution in [0, 0.1) is 6.92 Å². The fraction of sp³-hybridized carbons (Fsp3) is 0.0645. The van der Waals surface area contributed by atoms with Crippen molar-refractivity contribution < 1.29 is 0 Å². The van der Waals surface area contributed by atoms with Gasteiger partial charge in [-0.15, -0.1) is 0 Å². The number of aromatic nitrogens is 1. The van der Waals surface area contributed by atoms with Gasteiger partial charge < -0.3 is 4.57 Å². The van der Waals surface area contributed by atoms with Crippen LogP contribution in [0.5, 0.6) is 0 Å². The second-order valence-electron chi connectivity index (χ2n) is 8.24. The normalized spacial score (nSPS) is 11.7. The smallest absolute Gasteiger partial charge is 0.0960 e. The van der Waals surface area contributed by atoms with Gasteiger partial charge in [-0.1, -0.05) is 115 Å². The predicted octanol–water partition coefficient (Wildman–Crippen LogP) is 7.92. The second-order valence-corrected chi connectivity index (χ2v) is 8.24. The van der Waals surface area contributed by atoms with Crippen molar-refractivity contribution in [3.63, 3.8) is 0 Å². The zero-order chi connectivity index (χ0) is 22.5. The molecule has 0 saturated heterocycles. The maximum absolute atomic E-state index is 5.01. The van der Waals surface area contributed by atoms with Crippen molar-refractivity contribution in [1.82, 2.24) is 4.57 Å². The van der Waals surface area contributed by atoms with E-state index in [-0.39, 0.29) is 0 Å². The van der Waals surface area contributed by atoms with Crippen molar-refractivity contribution in [2.24, 2.45) is 4.99 Å². The summed E-state index contributed by atoms with van der Waals surface area (Å²) in [4.78, 5) is 5.01. The maximum Gasteiger partial charge on any atom is 0.0960 e. The van der Waals surface area contributed by atoms with E-state index in [1.54, 1.807) is 0 Å². The van der Waals surface area contributed by atoms with Crippen LogP contribution in [0.3, 0.4) is 0 Å². The van der Waals surface area contributed by atoms with Gasteiger partial charge in [-0.25, -0.2) is 0 Å². The quantitative estimate of drug-likeness (QED) is 0.245. The van der Waals surface area contributed by atoms with Crippen LogP contribution >= 0.6 is 0 Å². The summed E-state index contributed by atoms with van der Waals surface area (Å²) in [5.41, 5.74) is 8.06. The molecule has 0 aliphatic carbocycles. The lowest BCUT2D eigenvalue weighted by Gasteiger charge is -2.09. The first-order valence-electron chi connectivity index (χ1n) is 11.3. The number of aryl methyl sites for hydroxylation is 1. The average molecular weight is 427 g/mol. The highest BCUT2D eigenvalue weighted by Crippen LogP contribution is 2.35. The second kappa shape index (κ2) is 9.54. The average Bonchev–Trinajstić information content (AvgIpc) is 3.16. The lowest BCUT2D eigenvalue weighted by Crippen LogP contribution is -2.01. The van der Waals surface area contributed by atoms with Crippen LogP contribution in [0.15, 0.2) is 114 Å². The fourth-order valence-electron chi connectivity index (χ4n) is 4.08. The van der Waals surface area contributed by atoms with Crippen molar-refractivity contribution in [3.05, 3.63) is 137 Å². The summed E-state index contributed by atoms with van der Waals surface area (Å²) in [5.74, 6) is 0. The van der Waals surface area contributed by atoms with E-state index in [4.69, 9.17) is 4.99 Å². The molecule has 0 amide bonds. The Hall–Kier alpha value is -4.17. The molecule has 0 saturated carbocycles. The summed E-state index contributed by atoms with van der Waals surface area (Å²) in [5, 5.41) is 1.16. The van der Waals surface area contributed by atoms with Crippen LogP contribution < -0.4 is 0 Å². The van der Waals surface area contributed by atoms with Gasteiger partial charge in [-0.2, -0.15) is 0 Å². The molecule has 160 valence electrons. The highest BCUT2D eigenvalue weighted by molar-refractivity contribution is 6.00. The Morgan fingerprint density at radius 2 is 1.33 bits per heavy atom. The molecule has 5 rings (SSSR count). The van der Waals surface area contributed by atoms with E-state index in [0.29, 0.717) is 0 Å². The largest absolute Gasteiger partial charge is 0.335 e. The van der Waals surface area contributed by atoms with Gasteiger partial charge in [0, 0.05) is 18.1 Å². The zero-order valence-corrected chi connectivity index (χ0v) is 18.7. The summed E-state index contributed by atoms with van der Waals surface area (Å²) < 4.78 is 2.37. The molecule has 2 heteroatoms. The van der Waals surface area contributed by atoms with Gasteiger partial charge >= 0.3 is 0 Å². The van der Waals surface area contributed by atoms with Gasteiger partial charge in [-0.05, 0) is 35.8 Å². The summed E-state index contributed by atoms with van der Waals surface area (Å²) in [6, 6.07) is 38.0. The van der Waals surface area contributed by atoms with Gasteiger partial charge in [0.1, 0.15) is 0 Å². The van der Waals surface area contributed by atoms with Crippen molar-refractivity contribution in [2.75, 3.05) is 0 Å². The summed E-state index contributed by atoms with van der Waals surface area (Å²) in [6.07, 6.45) is 6.33. The number of benzene rings is 4. The number of hydrogen-bond acceptors (Lipinski definition) is 1. The first kappa shape index (κ1) is 20.7. The number of para-hydroxylation sites is 1. The maximum atomic E-state index is 5.01. The number of hydrogen-bond donors (Lipinski definition) is 0. The van der Waals surface area contributed by atoms with E-state index < -0.39 is 0 Å². The van der Waals surface area contributed by atoms with Crippen LogP contribution in [-0.4, -0.2) is 10.8 Å². The molecular weight excluding hydrogens is 400 g/mol. The van der Waals surface area contributed by atoms with E-state index in [2.05, 4.69) is 127 Å². The third kappa shape index (κ3) is 4.70. The third-order valence-electron chi connectivity index (χ3n) is 5.82. The standard InChI is InChI=1S/C31H26N2/c1-24-16-18-26(19-17-24)22-32-31-28-14-8-9-15-29(28)33(23-27-12-6-3-7-13-27)30(31)21-20-25-10-4-2-5-11-25/h2-22H,23H2,1H3/b21-20+,32-22?. The molecule has 0 N–H and O–H groups in total. The van der Waals surface area contributed by atoms with E-state index in [1.165, 1.54) is 22.2 Å². The first-order chi connectivity index (χ1) is 16.3. The minimum Gasteiger partial charge on any atom is -0.335 e. The van der Waals surface area contributed by atoms with E-state index in [0.717, 1.165) is 28.9 Å². The molecule has 0 unspecified atom stereocenters. The summed E-state index contributed by atoms with van der Waals surface area (Å²) >= 11 is 0. The summed E-state index contributed by atoms with van der Waals surface area (Å²) in [6.45, 7) is 2.89. The number of fused-ring (bicyclic) bond motifs is 1. The Morgan fingerprint density at radius 3 is 2.09 bits per heavy atom. The highest BCUT2D eigenvalue weighted by Gasteiger charge is 2.15. The first-order valence-corrected chi connectivity index (χ1v) is 11.3. The molecule has 0 aliphatic heterocycles. The number of nitrogens with zero attached hydrogens (tertiary/aromatic N) is 2. The molecule has 0 atom stereocenters. The van der Waals surface area contributed by atoms with Gasteiger partial charge in [0.2, 0.25) is 0 Å². The van der Waals surface area contributed by atoms with Gasteiger partial charge in [0.25, 0.3) is 0 Å². The molecule has 1 heterocycles. The molecule has 5 aromatic rings. The number of aliphatic imine (C=N–C) groups is 1. The monoisotopic (exact) mass is 426 g/mol. The summed E-state index contributed by atoms with van der Waals surface area (Å²) in [7, 11) is 0. The highest BCUT2D eigenvalue weighted by atomic mass is 15.0. The Balaban J connectivity index is 1.66. The molecule has 33 heavy (non-hydrogen) atoms. The number of rotatable bonds is 6. The van der Waals surface area contributed by atoms with Crippen LogP contribution in [0.25, 0.3) is 23.1 Å². The van der Waals surface area contributed by atoms with E-state index >= 15 is 0 Å². The molecule has 2 nitrogen and oxygen atoms in total. The van der Waals surface area contributed by atoms with Gasteiger partial charge in [0.05, 0.1) is 16.9 Å². The molecular formula is C31H26N2. The Morgan fingerprint density at radius 1 is 0.667 bits per heavy atom. The predicted molar refractivity (Wildman–Crippen MR) is 141 cm³/mol. The van der Waals surface area contributed by atoms with Gasteiger partial charge in [0.15, 0.2) is 0 Å². The Bertz CT molecular complexity index is 1410. The minimum atomic E-state index is 0.788. The van der Waals surface area contributed by atoms with Crippen molar-refractivity contribution in [2.45, 2.75) is 13.5 Å². The van der Waals surface area contributed by atoms with E-state index in [1.807, 2.05) is 12.3 Å². The molecule has 1 aromatic heterocycles. The lowest BCUT2D eigenvalue weighted by molar-refractivity contribution is 0.828. The topological polar surface area (TPSA) is 17.3 Å². The van der Waals surface area contributed by atoms with Crippen molar-refractivity contribution in [3.8, 4) is 0 Å². The zero-order valence-electron chi connectivity index (χ0n) is 18.7. The third-order valence-corrected chi connectivity index (χ3v) is 5.82. The lowest BCUT2D eigenvalue weighted by atomic mass is 10.1. The SMILES string of the molecule is Cc1ccc(C=Nc2c(/C=C/c3ccccc3)n(Cc3ccccc3)c3ccccc23)cc1. The van der Waals surface area contributed by atoms with Crippen LogP contribution in [0.2, 0.25) is 0 Å². The van der Waals surface area contributed by atoms with Gasteiger partial charge in [-0.3, -0.25) is 4.99 Å². The Kier molecular flexibility index (Phi) is 5.99. The molecule has 0 fully saturated rings.